The molecule has 0 spiro atoms. The number of esters is 1. The van der Waals surface area contributed by atoms with Crippen LogP contribution in [0.5, 0.6) is 28.7 Å². The molecule has 3 aliphatic rings. The molecule has 1 aliphatic carbocycles. The summed E-state index contributed by atoms with van der Waals surface area (Å²) in [6.07, 6.45) is 1.41. The van der Waals surface area contributed by atoms with Crippen molar-refractivity contribution in [3.63, 3.8) is 0 Å². The molecule has 7 rings (SSSR count). The molecule has 0 saturated carbocycles. The van der Waals surface area contributed by atoms with Crippen molar-refractivity contribution in [2.24, 2.45) is 11.8 Å². The lowest BCUT2D eigenvalue weighted by molar-refractivity contribution is -0.141. The first kappa shape index (κ1) is 29.3. The molecule has 2 aliphatic heterocycles. The van der Waals surface area contributed by atoms with E-state index in [1.165, 1.54) is 38.3 Å². The van der Waals surface area contributed by atoms with Crippen molar-refractivity contribution in [2.45, 2.75) is 18.5 Å². The molecule has 1 amide bonds. The summed E-state index contributed by atoms with van der Waals surface area (Å²) in [6.45, 7) is 0.156. The molecule has 1 saturated heterocycles. The molecule has 238 valence electrons. The van der Waals surface area contributed by atoms with Crippen molar-refractivity contribution in [1.29, 1.82) is 0 Å². The van der Waals surface area contributed by atoms with Gasteiger partial charge in [-0.2, -0.15) is 0 Å². The molecular formula is C32H28F2N4O8. The number of hydrogen-bond acceptors (Lipinski definition) is 10. The SMILES string of the molecule is COc1cc([C@@H]2c3cc4c(cc3[C@@H](NC(=O)c3cn(Cc5ccc(F)c(F)c5)nn3)[C@H]3COC(=O)[C@H]23)OCO4)cc(OC)c1OC. The van der Waals surface area contributed by atoms with E-state index in [2.05, 4.69) is 15.6 Å². The Morgan fingerprint density at radius 3 is 2.35 bits per heavy atom. The Morgan fingerprint density at radius 1 is 0.957 bits per heavy atom. The van der Waals surface area contributed by atoms with Crippen molar-refractivity contribution in [3.8, 4) is 28.7 Å². The van der Waals surface area contributed by atoms with Crippen molar-refractivity contribution < 1.29 is 46.8 Å². The van der Waals surface area contributed by atoms with E-state index in [1.54, 1.807) is 12.1 Å². The van der Waals surface area contributed by atoms with Gasteiger partial charge >= 0.3 is 5.97 Å². The number of cyclic esters (lactones) is 1. The van der Waals surface area contributed by atoms with Gasteiger partial charge in [0.1, 0.15) is 0 Å². The molecule has 14 heteroatoms. The lowest BCUT2D eigenvalue weighted by Crippen LogP contribution is -2.43. The number of benzene rings is 3. The number of hydrogen-bond donors (Lipinski definition) is 1. The maximum atomic E-state index is 13.7. The summed E-state index contributed by atoms with van der Waals surface area (Å²) in [4.78, 5) is 27.1. The van der Waals surface area contributed by atoms with E-state index in [4.69, 9.17) is 28.4 Å². The third kappa shape index (κ3) is 4.89. The van der Waals surface area contributed by atoms with E-state index in [1.807, 2.05) is 12.1 Å². The summed E-state index contributed by atoms with van der Waals surface area (Å²) < 4.78 is 62.2. The third-order valence-corrected chi connectivity index (χ3v) is 8.62. The molecule has 12 nitrogen and oxygen atoms in total. The molecule has 1 aromatic heterocycles. The van der Waals surface area contributed by atoms with E-state index < -0.39 is 47.3 Å². The molecule has 0 radical (unpaired) electrons. The van der Waals surface area contributed by atoms with Gasteiger partial charge in [-0.1, -0.05) is 11.3 Å². The fourth-order valence-corrected chi connectivity index (χ4v) is 6.55. The van der Waals surface area contributed by atoms with E-state index >= 15 is 0 Å². The van der Waals surface area contributed by atoms with Gasteiger partial charge in [0.05, 0.1) is 52.6 Å². The number of methoxy groups -OCH3 is 3. The minimum atomic E-state index is -0.986. The number of amides is 1. The maximum Gasteiger partial charge on any atom is 0.310 e. The zero-order valence-electron chi connectivity index (χ0n) is 24.9. The van der Waals surface area contributed by atoms with E-state index in [0.29, 0.717) is 45.4 Å². The number of fused-ring (bicyclic) bond motifs is 3. The van der Waals surface area contributed by atoms with Crippen molar-refractivity contribution in [3.05, 3.63) is 88.2 Å². The monoisotopic (exact) mass is 634 g/mol. The molecule has 3 heterocycles. The highest BCUT2D eigenvalue weighted by Gasteiger charge is 2.53. The molecule has 46 heavy (non-hydrogen) atoms. The minimum absolute atomic E-state index is 0.00146. The Kier molecular flexibility index (Phi) is 7.34. The smallest absolute Gasteiger partial charge is 0.310 e. The van der Waals surface area contributed by atoms with Gasteiger partial charge in [-0.25, -0.2) is 13.5 Å². The number of halogens is 2. The lowest BCUT2D eigenvalue weighted by atomic mass is 9.65. The summed E-state index contributed by atoms with van der Waals surface area (Å²) in [5.74, 6) is -2.33. The fraction of sp³-hybridized carbons (Fsp3) is 0.312. The molecular weight excluding hydrogens is 606 g/mol. The summed E-state index contributed by atoms with van der Waals surface area (Å²) in [7, 11) is 4.54. The van der Waals surface area contributed by atoms with Crippen LogP contribution in [0.25, 0.3) is 0 Å². The average molecular weight is 635 g/mol. The third-order valence-electron chi connectivity index (χ3n) is 8.62. The van der Waals surface area contributed by atoms with Crippen LogP contribution in [0.2, 0.25) is 0 Å². The number of rotatable bonds is 8. The Bertz CT molecular complexity index is 1840. The summed E-state index contributed by atoms with van der Waals surface area (Å²) in [5.41, 5.74) is 2.60. The maximum absolute atomic E-state index is 13.7. The molecule has 0 unspecified atom stereocenters. The van der Waals surface area contributed by atoms with Crippen LogP contribution in [0.3, 0.4) is 0 Å². The highest BCUT2D eigenvalue weighted by atomic mass is 19.2. The highest BCUT2D eigenvalue weighted by molar-refractivity contribution is 5.92. The van der Waals surface area contributed by atoms with Gasteiger partial charge in [-0.3, -0.25) is 9.59 Å². The second-order valence-corrected chi connectivity index (χ2v) is 11.1. The van der Waals surface area contributed by atoms with Crippen molar-refractivity contribution in [1.82, 2.24) is 20.3 Å². The predicted octanol–water partition coefficient (Wildman–Crippen LogP) is 3.76. The Balaban J connectivity index is 1.26. The van der Waals surface area contributed by atoms with Gasteiger partial charge in [-0.15, -0.1) is 5.10 Å². The van der Waals surface area contributed by atoms with Crippen LogP contribution in [0.1, 0.15) is 44.7 Å². The van der Waals surface area contributed by atoms with Crippen LogP contribution >= 0.6 is 0 Å². The van der Waals surface area contributed by atoms with Gasteiger partial charge in [0.25, 0.3) is 5.91 Å². The molecule has 1 N–H and O–H groups in total. The number of carbonyl (C=O) groups excluding carboxylic acids is 2. The first-order valence-corrected chi connectivity index (χ1v) is 14.3. The first-order valence-electron chi connectivity index (χ1n) is 14.3. The van der Waals surface area contributed by atoms with Crippen LogP contribution in [0, 0.1) is 23.5 Å². The Morgan fingerprint density at radius 2 is 1.67 bits per heavy atom. The topological polar surface area (TPSA) is 132 Å². The summed E-state index contributed by atoms with van der Waals surface area (Å²) in [5, 5.41) is 11.0. The fourth-order valence-electron chi connectivity index (χ4n) is 6.55. The number of nitrogens with zero attached hydrogens (tertiary/aromatic N) is 3. The lowest BCUT2D eigenvalue weighted by Gasteiger charge is -2.39. The first-order chi connectivity index (χ1) is 22.3. The summed E-state index contributed by atoms with van der Waals surface area (Å²) in [6, 6.07) is 10.1. The van der Waals surface area contributed by atoms with Gasteiger partial charge in [0, 0.05) is 11.8 Å². The van der Waals surface area contributed by atoms with Crippen molar-refractivity contribution in [2.75, 3.05) is 34.7 Å². The zero-order chi connectivity index (χ0) is 32.1. The van der Waals surface area contributed by atoms with Gasteiger partial charge in [0.15, 0.2) is 40.3 Å². The Labute approximate surface area is 261 Å². The highest BCUT2D eigenvalue weighted by Crippen LogP contribution is 2.55. The van der Waals surface area contributed by atoms with Crippen LogP contribution in [0.15, 0.2) is 48.7 Å². The Hall–Kier alpha value is -5.40. The number of ether oxygens (including phenoxy) is 6. The van der Waals surface area contributed by atoms with Gasteiger partial charge in [-0.05, 0) is 58.7 Å². The van der Waals surface area contributed by atoms with Gasteiger partial charge < -0.3 is 33.7 Å². The second kappa shape index (κ2) is 11.5. The zero-order valence-corrected chi connectivity index (χ0v) is 24.9. The quantitative estimate of drug-likeness (QED) is 0.286. The van der Waals surface area contributed by atoms with Crippen LogP contribution in [0.4, 0.5) is 8.78 Å². The van der Waals surface area contributed by atoms with Gasteiger partial charge in [0.2, 0.25) is 12.5 Å². The number of carbonyl (C=O) groups is 2. The van der Waals surface area contributed by atoms with E-state index in [9.17, 15) is 18.4 Å². The molecule has 0 bridgehead atoms. The number of nitrogens with one attached hydrogen (secondary N) is 1. The van der Waals surface area contributed by atoms with Crippen LogP contribution < -0.4 is 29.0 Å². The number of aromatic nitrogens is 3. The predicted molar refractivity (Wildman–Crippen MR) is 154 cm³/mol. The molecule has 1 fully saturated rings. The minimum Gasteiger partial charge on any atom is -0.493 e. The normalized spacial score (nSPS) is 20.8. The molecule has 4 aromatic rings. The van der Waals surface area contributed by atoms with E-state index in [-0.39, 0.29) is 25.6 Å². The molecule has 4 atom stereocenters. The second-order valence-electron chi connectivity index (χ2n) is 11.1. The summed E-state index contributed by atoms with van der Waals surface area (Å²) >= 11 is 0. The largest absolute Gasteiger partial charge is 0.493 e. The van der Waals surface area contributed by atoms with Crippen LogP contribution in [-0.2, 0) is 16.1 Å². The van der Waals surface area contributed by atoms with Crippen LogP contribution in [-0.4, -0.2) is 61.6 Å². The average Bonchev–Trinajstić information content (AvgIpc) is 3.81. The molecule has 3 aromatic carbocycles. The van der Waals surface area contributed by atoms with Crippen molar-refractivity contribution >= 4 is 11.9 Å². The van der Waals surface area contributed by atoms with E-state index in [0.717, 1.165) is 17.7 Å². The standard InChI is InChI=1S/C32H28F2N4O8/c1-41-25-7-16(8-26(42-2)30(25)43-3)27-17-9-23-24(46-14-45-23)10-18(17)29(19-13-44-32(40)28(19)27)35-31(39)22-12-38(37-36-22)11-15-4-5-20(33)21(34)6-15/h4-10,12,19,27-29H,11,13-14H2,1-3H3,(H,35,39)/t19-,27+,28-,29+/m0/s1.